The van der Waals surface area contributed by atoms with Gasteiger partial charge in [-0.2, -0.15) is 0 Å². The fourth-order valence-corrected chi connectivity index (χ4v) is 1.75. The molecule has 2 rings (SSSR count). The van der Waals surface area contributed by atoms with Crippen LogP contribution in [0, 0.1) is 0 Å². The van der Waals surface area contributed by atoms with Gasteiger partial charge in [0.15, 0.2) is 0 Å². The van der Waals surface area contributed by atoms with Gasteiger partial charge in [-0.15, -0.1) is 0 Å². The van der Waals surface area contributed by atoms with Crippen molar-refractivity contribution in [3.05, 3.63) is 53.9 Å². The third kappa shape index (κ3) is 3.89. The average Bonchev–Trinajstić information content (AvgIpc) is 2.54. The van der Waals surface area contributed by atoms with Crippen molar-refractivity contribution in [3.63, 3.8) is 0 Å². The van der Waals surface area contributed by atoms with Crippen LogP contribution in [0.1, 0.15) is 34.1 Å². The minimum Gasteiger partial charge on any atom is -0.491 e. The molecule has 0 spiro atoms. The van der Waals surface area contributed by atoms with E-state index in [1.165, 1.54) is 0 Å². The molecule has 21 heavy (non-hydrogen) atoms. The highest BCUT2D eigenvalue weighted by Gasteiger charge is 2.10. The first kappa shape index (κ1) is 14.7. The molecule has 0 saturated carbocycles. The van der Waals surface area contributed by atoms with Gasteiger partial charge in [-0.1, -0.05) is 6.92 Å². The number of benzene rings is 1. The van der Waals surface area contributed by atoms with E-state index in [4.69, 9.17) is 4.74 Å². The number of carbonyl (C=O) groups excluding carboxylic acids is 2. The fraction of sp³-hybridized carbons (Fsp3) is 0.188. The summed E-state index contributed by atoms with van der Waals surface area (Å²) in [6, 6.07) is 8.16. The van der Waals surface area contributed by atoms with Gasteiger partial charge >= 0.3 is 0 Å². The summed E-state index contributed by atoms with van der Waals surface area (Å²) >= 11 is 0. The summed E-state index contributed by atoms with van der Waals surface area (Å²) in [5.74, 6) is 0.270. The summed E-state index contributed by atoms with van der Waals surface area (Å²) in [5.41, 5.74) is 1.45. The van der Waals surface area contributed by atoms with E-state index < -0.39 is 0 Å². The maximum atomic E-state index is 12.2. The van der Waals surface area contributed by atoms with Crippen molar-refractivity contribution in [2.75, 3.05) is 11.9 Å². The minimum atomic E-state index is -0.276. The Balaban J connectivity index is 2.24. The van der Waals surface area contributed by atoms with E-state index in [2.05, 4.69) is 10.3 Å². The zero-order chi connectivity index (χ0) is 15.1. The molecule has 0 fully saturated rings. The molecule has 5 nitrogen and oxygen atoms in total. The molecule has 2 aromatic rings. The molecule has 0 bridgehead atoms. The SMILES string of the molecule is CCCOc1ccc(C=O)cc1NC(=O)c1ccncc1. The highest BCUT2D eigenvalue weighted by atomic mass is 16.5. The summed E-state index contributed by atoms with van der Waals surface area (Å²) in [6.07, 6.45) is 4.68. The van der Waals surface area contributed by atoms with Crippen LogP contribution in [0.15, 0.2) is 42.7 Å². The number of anilines is 1. The Kier molecular flexibility index (Phi) is 5.04. The molecular weight excluding hydrogens is 268 g/mol. The topological polar surface area (TPSA) is 68.3 Å². The molecule has 108 valence electrons. The van der Waals surface area contributed by atoms with Crippen molar-refractivity contribution in [2.45, 2.75) is 13.3 Å². The average molecular weight is 284 g/mol. The number of hydrogen-bond acceptors (Lipinski definition) is 4. The molecule has 1 amide bonds. The molecule has 1 aromatic heterocycles. The second kappa shape index (κ2) is 7.19. The number of aromatic nitrogens is 1. The summed E-state index contributed by atoms with van der Waals surface area (Å²) < 4.78 is 5.58. The van der Waals surface area contributed by atoms with Crippen LogP contribution >= 0.6 is 0 Å². The zero-order valence-electron chi connectivity index (χ0n) is 11.7. The van der Waals surface area contributed by atoms with Gasteiger partial charge in [0.1, 0.15) is 12.0 Å². The maximum Gasteiger partial charge on any atom is 0.255 e. The van der Waals surface area contributed by atoms with Crippen molar-refractivity contribution in [3.8, 4) is 5.75 Å². The lowest BCUT2D eigenvalue weighted by Gasteiger charge is -2.12. The van der Waals surface area contributed by atoms with Gasteiger partial charge in [-0.05, 0) is 36.8 Å². The van der Waals surface area contributed by atoms with Crippen molar-refractivity contribution < 1.29 is 14.3 Å². The fourth-order valence-electron chi connectivity index (χ4n) is 1.75. The Morgan fingerprint density at radius 3 is 2.71 bits per heavy atom. The number of carbonyl (C=O) groups is 2. The lowest BCUT2D eigenvalue weighted by atomic mass is 10.2. The summed E-state index contributed by atoms with van der Waals surface area (Å²) in [6.45, 7) is 2.54. The molecule has 1 heterocycles. The largest absolute Gasteiger partial charge is 0.491 e. The van der Waals surface area contributed by atoms with Crippen LogP contribution in [-0.2, 0) is 0 Å². The second-order valence-electron chi connectivity index (χ2n) is 4.41. The van der Waals surface area contributed by atoms with Crippen LogP contribution in [0.2, 0.25) is 0 Å². The van der Waals surface area contributed by atoms with Gasteiger partial charge in [-0.25, -0.2) is 0 Å². The Labute approximate surface area is 123 Å². The number of amides is 1. The van der Waals surface area contributed by atoms with Crippen molar-refractivity contribution >= 4 is 17.9 Å². The van der Waals surface area contributed by atoms with Gasteiger partial charge in [0.05, 0.1) is 12.3 Å². The first-order valence-corrected chi connectivity index (χ1v) is 6.68. The number of pyridine rings is 1. The summed E-state index contributed by atoms with van der Waals surface area (Å²) in [4.78, 5) is 26.9. The molecule has 5 heteroatoms. The molecule has 0 aliphatic rings. The highest BCUT2D eigenvalue weighted by molar-refractivity contribution is 6.05. The minimum absolute atomic E-state index is 0.276. The van der Waals surface area contributed by atoms with Crippen LogP contribution in [0.5, 0.6) is 5.75 Å². The number of hydrogen-bond donors (Lipinski definition) is 1. The zero-order valence-corrected chi connectivity index (χ0v) is 11.7. The van der Waals surface area contributed by atoms with E-state index in [9.17, 15) is 9.59 Å². The van der Waals surface area contributed by atoms with Gasteiger partial charge in [0, 0.05) is 23.5 Å². The molecular formula is C16H16N2O3. The van der Waals surface area contributed by atoms with Crippen molar-refractivity contribution in [1.29, 1.82) is 0 Å². The van der Waals surface area contributed by atoms with E-state index >= 15 is 0 Å². The van der Waals surface area contributed by atoms with Crippen molar-refractivity contribution in [2.24, 2.45) is 0 Å². The smallest absolute Gasteiger partial charge is 0.255 e. The molecule has 0 aliphatic heterocycles. The molecule has 0 unspecified atom stereocenters. The Morgan fingerprint density at radius 1 is 1.29 bits per heavy atom. The summed E-state index contributed by atoms with van der Waals surface area (Å²) in [7, 11) is 0. The van der Waals surface area contributed by atoms with E-state index in [-0.39, 0.29) is 5.91 Å². The predicted octanol–water partition coefficient (Wildman–Crippen LogP) is 2.94. The third-order valence-electron chi connectivity index (χ3n) is 2.79. The van der Waals surface area contributed by atoms with E-state index in [0.717, 1.165) is 12.7 Å². The van der Waals surface area contributed by atoms with Crippen LogP contribution in [0.3, 0.4) is 0 Å². The maximum absolute atomic E-state index is 12.2. The third-order valence-corrected chi connectivity index (χ3v) is 2.79. The number of ether oxygens (including phenoxy) is 1. The van der Waals surface area contributed by atoms with Crippen LogP contribution in [-0.4, -0.2) is 23.8 Å². The van der Waals surface area contributed by atoms with Gasteiger partial charge in [0.25, 0.3) is 5.91 Å². The lowest BCUT2D eigenvalue weighted by molar-refractivity contribution is 0.102. The lowest BCUT2D eigenvalue weighted by Crippen LogP contribution is -2.13. The Bertz CT molecular complexity index is 627. The molecule has 0 saturated heterocycles. The van der Waals surface area contributed by atoms with Gasteiger partial charge in [0.2, 0.25) is 0 Å². The second-order valence-corrected chi connectivity index (χ2v) is 4.41. The van der Waals surface area contributed by atoms with Gasteiger partial charge < -0.3 is 10.1 Å². The quantitative estimate of drug-likeness (QED) is 0.828. The summed E-state index contributed by atoms with van der Waals surface area (Å²) in [5, 5.41) is 2.76. The number of aldehydes is 1. The van der Waals surface area contributed by atoms with E-state index in [0.29, 0.717) is 29.2 Å². The monoisotopic (exact) mass is 284 g/mol. The number of nitrogens with one attached hydrogen (secondary N) is 1. The molecule has 0 atom stereocenters. The molecule has 1 N–H and O–H groups in total. The highest BCUT2D eigenvalue weighted by Crippen LogP contribution is 2.26. The first-order valence-electron chi connectivity index (χ1n) is 6.68. The van der Waals surface area contributed by atoms with Gasteiger partial charge in [-0.3, -0.25) is 14.6 Å². The predicted molar refractivity (Wildman–Crippen MR) is 79.8 cm³/mol. The van der Waals surface area contributed by atoms with Crippen LogP contribution in [0.25, 0.3) is 0 Å². The first-order chi connectivity index (χ1) is 10.2. The van der Waals surface area contributed by atoms with Crippen molar-refractivity contribution in [1.82, 2.24) is 4.98 Å². The standard InChI is InChI=1S/C16H16N2O3/c1-2-9-21-15-4-3-12(11-19)10-14(15)18-16(20)13-5-7-17-8-6-13/h3-8,10-11H,2,9H2,1H3,(H,18,20). The van der Waals surface area contributed by atoms with E-state index in [1.54, 1.807) is 42.7 Å². The number of rotatable bonds is 6. The normalized spacial score (nSPS) is 9.95. The van der Waals surface area contributed by atoms with Crippen LogP contribution in [0.4, 0.5) is 5.69 Å². The Morgan fingerprint density at radius 2 is 2.05 bits per heavy atom. The molecule has 1 aromatic carbocycles. The van der Waals surface area contributed by atoms with E-state index in [1.807, 2.05) is 6.92 Å². The Hall–Kier alpha value is -2.69. The molecule has 0 radical (unpaired) electrons. The van der Waals surface area contributed by atoms with Crippen LogP contribution < -0.4 is 10.1 Å². The number of nitrogens with zero attached hydrogens (tertiary/aromatic N) is 1. The molecule has 0 aliphatic carbocycles.